The number of hydrogen-bond acceptors (Lipinski definition) is 8. The summed E-state index contributed by atoms with van der Waals surface area (Å²) in [4.78, 5) is 19.3. The molecule has 4 heterocycles. The Morgan fingerprint density at radius 2 is 1.78 bits per heavy atom. The zero-order valence-electron chi connectivity index (χ0n) is 19.8. The van der Waals surface area contributed by atoms with Crippen LogP contribution in [0.25, 0.3) is 11.0 Å². The zero-order chi connectivity index (χ0) is 25.4. The highest BCUT2D eigenvalue weighted by Crippen LogP contribution is 2.33. The molecule has 0 aliphatic carbocycles. The van der Waals surface area contributed by atoms with Gasteiger partial charge in [-0.25, -0.2) is 37.1 Å². The van der Waals surface area contributed by atoms with E-state index in [1.165, 1.54) is 24.7 Å². The Morgan fingerprint density at radius 3 is 2.42 bits per heavy atom. The molecule has 9 nitrogen and oxygen atoms in total. The molecule has 0 spiro atoms. The van der Waals surface area contributed by atoms with Crippen LogP contribution in [0.4, 0.5) is 26.2 Å². The number of fused-ring (bicyclic) bond motifs is 1. The maximum atomic E-state index is 15.1. The molecule has 3 aromatic heterocycles. The van der Waals surface area contributed by atoms with Gasteiger partial charge in [0.1, 0.15) is 23.6 Å². The molecule has 188 valence electrons. The van der Waals surface area contributed by atoms with Gasteiger partial charge in [0, 0.05) is 44.0 Å². The largest absolute Gasteiger partial charge is 0.341 e. The first-order valence-corrected chi connectivity index (χ1v) is 13.5. The molecule has 0 unspecified atom stereocenters. The lowest BCUT2D eigenvalue weighted by molar-refractivity contribution is 0.398. The summed E-state index contributed by atoms with van der Waals surface area (Å²) in [5.41, 5.74) is 1.47. The Hall–Kier alpha value is -3.67. The van der Waals surface area contributed by atoms with Crippen LogP contribution in [0.3, 0.4) is 0 Å². The minimum Gasteiger partial charge on any atom is -0.341 e. The molecule has 12 heteroatoms. The summed E-state index contributed by atoms with van der Waals surface area (Å²) in [5, 5.41) is 2.93. The second kappa shape index (κ2) is 9.41. The van der Waals surface area contributed by atoms with Crippen molar-refractivity contribution < 1.29 is 17.2 Å². The van der Waals surface area contributed by atoms with Crippen LogP contribution in [0.5, 0.6) is 0 Å². The smallest absolute Gasteiger partial charge is 0.225 e. The number of aryl methyl sites for hydroxylation is 1. The lowest BCUT2D eigenvalue weighted by Gasteiger charge is -2.32. The standard InChI is InChI=1S/C24H25F2N7O2S/c1-3-15-11-27-24(28-12-15)32-8-6-16(7-9-32)33-13-19(26)21-22(29-14-30-23(21)33)31-20-5-4-17(10-18(20)25)36(2,34)35/h4-5,10-14,16H,3,6-9H2,1-2H3,(H,29,30,31). The number of piperidine rings is 1. The quantitative estimate of drug-likeness (QED) is 0.412. The van der Waals surface area contributed by atoms with Crippen LogP contribution in [0, 0.1) is 11.6 Å². The maximum Gasteiger partial charge on any atom is 0.225 e. The van der Waals surface area contributed by atoms with E-state index in [1.807, 2.05) is 12.4 Å². The summed E-state index contributed by atoms with van der Waals surface area (Å²) in [6.07, 6.45) is 9.75. The van der Waals surface area contributed by atoms with Crippen LogP contribution in [0.2, 0.25) is 0 Å². The maximum absolute atomic E-state index is 15.1. The molecule has 0 radical (unpaired) electrons. The normalized spacial score (nSPS) is 14.9. The Labute approximate surface area is 207 Å². The minimum absolute atomic E-state index is 0.0108. The fourth-order valence-electron chi connectivity index (χ4n) is 4.41. The van der Waals surface area contributed by atoms with Crippen molar-refractivity contribution in [2.24, 2.45) is 0 Å². The molecule has 5 rings (SSSR count). The highest BCUT2D eigenvalue weighted by Gasteiger charge is 2.26. The first kappa shape index (κ1) is 24.0. The molecule has 1 N–H and O–H groups in total. The Kier molecular flexibility index (Phi) is 6.29. The van der Waals surface area contributed by atoms with E-state index in [0.29, 0.717) is 24.7 Å². The van der Waals surface area contributed by atoms with Crippen molar-refractivity contribution in [1.29, 1.82) is 0 Å². The SMILES string of the molecule is CCc1cnc(N2CCC(n3cc(F)c4c(Nc5ccc(S(C)(=O)=O)cc5F)ncnc43)CC2)nc1. The van der Waals surface area contributed by atoms with Gasteiger partial charge in [-0.15, -0.1) is 0 Å². The third-order valence-electron chi connectivity index (χ3n) is 6.43. The number of anilines is 3. The van der Waals surface area contributed by atoms with Gasteiger partial charge in [-0.1, -0.05) is 6.92 Å². The molecule has 1 aliphatic heterocycles. The molecule has 4 aromatic rings. The average molecular weight is 514 g/mol. The number of halogens is 2. The van der Waals surface area contributed by atoms with Crippen LogP contribution in [-0.2, 0) is 16.3 Å². The first-order valence-electron chi connectivity index (χ1n) is 11.6. The monoisotopic (exact) mass is 513 g/mol. The summed E-state index contributed by atoms with van der Waals surface area (Å²) < 4.78 is 54.9. The van der Waals surface area contributed by atoms with E-state index >= 15 is 4.39 Å². The van der Waals surface area contributed by atoms with Crippen molar-refractivity contribution in [3.63, 3.8) is 0 Å². The van der Waals surface area contributed by atoms with E-state index in [-0.39, 0.29) is 27.8 Å². The molecular weight excluding hydrogens is 488 g/mol. The number of nitrogens with zero attached hydrogens (tertiary/aromatic N) is 6. The molecule has 0 bridgehead atoms. The molecular formula is C24H25F2N7O2S. The van der Waals surface area contributed by atoms with Gasteiger partial charge in [0.25, 0.3) is 0 Å². The van der Waals surface area contributed by atoms with E-state index in [9.17, 15) is 12.8 Å². The fraction of sp³-hybridized carbons (Fsp3) is 0.333. The predicted molar refractivity (Wildman–Crippen MR) is 132 cm³/mol. The summed E-state index contributed by atoms with van der Waals surface area (Å²) in [7, 11) is -3.56. The van der Waals surface area contributed by atoms with E-state index in [4.69, 9.17) is 0 Å². The highest BCUT2D eigenvalue weighted by molar-refractivity contribution is 7.90. The lowest BCUT2D eigenvalue weighted by atomic mass is 10.1. The van der Waals surface area contributed by atoms with Gasteiger partial charge in [-0.3, -0.25) is 0 Å². The second-order valence-electron chi connectivity index (χ2n) is 8.81. The average Bonchev–Trinajstić information content (AvgIpc) is 3.22. The van der Waals surface area contributed by atoms with Crippen LogP contribution in [0.15, 0.2) is 48.0 Å². The third-order valence-corrected chi connectivity index (χ3v) is 7.54. The van der Waals surface area contributed by atoms with E-state index in [1.54, 1.807) is 4.57 Å². The molecule has 1 fully saturated rings. The van der Waals surface area contributed by atoms with Gasteiger partial charge in [-0.05, 0) is 43.0 Å². The van der Waals surface area contributed by atoms with Crippen molar-refractivity contribution in [3.05, 3.63) is 60.3 Å². The lowest BCUT2D eigenvalue weighted by Crippen LogP contribution is -2.35. The van der Waals surface area contributed by atoms with Crippen LogP contribution in [-0.4, -0.2) is 52.3 Å². The minimum atomic E-state index is -3.56. The summed E-state index contributed by atoms with van der Waals surface area (Å²) in [6.45, 7) is 3.48. The molecule has 1 saturated heterocycles. The van der Waals surface area contributed by atoms with E-state index in [2.05, 4.69) is 37.1 Å². The van der Waals surface area contributed by atoms with Gasteiger partial charge >= 0.3 is 0 Å². The Morgan fingerprint density at radius 1 is 1.06 bits per heavy atom. The van der Waals surface area contributed by atoms with Crippen molar-refractivity contribution in [3.8, 4) is 0 Å². The summed E-state index contributed by atoms with van der Waals surface area (Å²) in [5.74, 6) is -0.524. The molecule has 0 atom stereocenters. The third kappa shape index (κ3) is 4.60. The van der Waals surface area contributed by atoms with Crippen molar-refractivity contribution in [1.82, 2.24) is 24.5 Å². The van der Waals surface area contributed by atoms with Gasteiger partial charge in [0.15, 0.2) is 15.7 Å². The first-order chi connectivity index (χ1) is 17.2. The van der Waals surface area contributed by atoms with Gasteiger partial charge in [0.05, 0.1) is 16.0 Å². The Bertz CT molecular complexity index is 1520. The van der Waals surface area contributed by atoms with Crippen LogP contribution >= 0.6 is 0 Å². The molecule has 1 aliphatic rings. The molecule has 0 amide bonds. The van der Waals surface area contributed by atoms with Crippen LogP contribution in [0.1, 0.15) is 31.4 Å². The number of benzene rings is 1. The van der Waals surface area contributed by atoms with Crippen molar-refractivity contribution in [2.75, 3.05) is 29.6 Å². The Balaban J connectivity index is 1.38. The fourth-order valence-corrected chi connectivity index (χ4v) is 5.04. The van der Waals surface area contributed by atoms with E-state index in [0.717, 1.165) is 37.1 Å². The second-order valence-corrected chi connectivity index (χ2v) is 10.8. The number of rotatable bonds is 6. The number of sulfone groups is 1. The molecule has 1 aromatic carbocycles. The highest BCUT2D eigenvalue weighted by atomic mass is 32.2. The summed E-state index contributed by atoms with van der Waals surface area (Å²) >= 11 is 0. The topological polar surface area (TPSA) is 106 Å². The predicted octanol–water partition coefficient (Wildman–Crippen LogP) is 4.05. The van der Waals surface area contributed by atoms with Gasteiger partial charge in [0.2, 0.25) is 5.95 Å². The number of aromatic nitrogens is 5. The van der Waals surface area contributed by atoms with Gasteiger partial charge in [-0.2, -0.15) is 0 Å². The zero-order valence-corrected chi connectivity index (χ0v) is 20.6. The van der Waals surface area contributed by atoms with Crippen molar-refractivity contribution in [2.45, 2.75) is 37.1 Å². The molecule has 36 heavy (non-hydrogen) atoms. The molecule has 0 saturated carbocycles. The summed E-state index contributed by atoms with van der Waals surface area (Å²) in [6, 6.07) is 3.51. The number of hydrogen-bond donors (Lipinski definition) is 1. The van der Waals surface area contributed by atoms with Gasteiger partial charge < -0.3 is 14.8 Å². The van der Waals surface area contributed by atoms with E-state index < -0.39 is 21.5 Å². The number of nitrogens with one attached hydrogen (secondary N) is 1. The van der Waals surface area contributed by atoms with Crippen molar-refractivity contribution >= 4 is 38.3 Å². The van der Waals surface area contributed by atoms with Crippen LogP contribution < -0.4 is 10.2 Å².